The Kier molecular flexibility index (Phi) is 4.96. The largest absolute Gasteiger partial charge is 0.451 e. The molecule has 5 heteroatoms. The third-order valence-electron chi connectivity index (χ3n) is 3.05. The normalized spacial score (nSPS) is 11.4. The number of halogens is 1. The summed E-state index contributed by atoms with van der Waals surface area (Å²) >= 11 is 0. The topological polar surface area (TPSA) is 39.1 Å². The number of aromatic nitrogens is 2. The lowest BCUT2D eigenvalue weighted by Gasteiger charge is -2.10. The maximum absolute atomic E-state index is 14.0. The molecule has 0 amide bonds. The predicted molar refractivity (Wildman–Crippen MR) is 81.1 cm³/mol. The van der Waals surface area contributed by atoms with Crippen LogP contribution in [0.25, 0.3) is 0 Å². The molecule has 2 aromatic rings. The lowest BCUT2D eigenvalue weighted by Crippen LogP contribution is -2.21. The Balaban J connectivity index is 2.06. The van der Waals surface area contributed by atoms with E-state index in [4.69, 9.17) is 4.74 Å². The van der Waals surface area contributed by atoms with Crippen LogP contribution in [0.1, 0.15) is 39.3 Å². The fourth-order valence-electron chi connectivity index (χ4n) is 1.84. The van der Waals surface area contributed by atoms with E-state index in [1.807, 2.05) is 19.9 Å². The van der Waals surface area contributed by atoms with Gasteiger partial charge in [-0.1, -0.05) is 19.9 Å². The fourth-order valence-corrected chi connectivity index (χ4v) is 1.84. The molecule has 0 unspecified atom stereocenters. The van der Waals surface area contributed by atoms with Crippen molar-refractivity contribution < 1.29 is 9.13 Å². The maximum atomic E-state index is 14.0. The van der Waals surface area contributed by atoms with Crippen LogP contribution < -0.4 is 10.1 Å². The first kappa shape index (κ1) is 15.5. The number of hydrogen-bond donors (Lipinski definition) is 1. The number of hydrogen-bond acceptors (Lipinski definition) is 3. The van der Waals surface area contributed by atoms with E-state index in [1.54, 1.807) is 23.1 Å². The Morgan fingerprint density at radius 2 is 2.05 bits per heavy atom. The van der Waals surface area contributed by atoms with Crippen molar-refractivity contribution in [3.05, 3.63) is 42.0 Å². The molecule has 1 N–H and O–H groups in total. The molecule has 1 aromatic heterocycles. The molecule has 0 spiro atoms. The highest BCUT2D eigenvalue weighted by atomic mass is 19.1. The zero-order chi connectivity index (χ0) is 15.4. The summed E-state index contributed by atoms with van der Waals surface area (Å²) < 4.78 is 21.4. The summed E-state index contributed by atoms with van der Waals surface area (Å²) in [4.78, 5) is 0. The highest BCUT2D eigenvalue weighted by Crippen LogP contribution is 2.25. The third-order valence-corrected chi connectivity index (χ3v) is 3.05. The van der Waals surface area contributed by atoms with Crippen molar-refractivity contribution >= 4 is 0 Å². The minimum atomic E-state index is -0.365. The van der Waals surface area contributed by atoms with Crippen LogP contribution in [0.2, 0.25) is 0 Å². The minimum absolute atomic E-state index is 0.214. The standard InChI is InChI=1S/C16H22FN3O/c1-11(2)18-8-13-5-6-16(15(17)7-13)21-14-9-19-20(10-14)12(3)4/h5-7,9-12,18H,8H2,1-4H3. The van der Waals surface area contributed by atoms with Gasteiger partial charge in [-0.3, -0.25) is 4.68 Å². The smallest absolute Gasteiger partial charge is 0.166 e. The summed E-state index contributed by atoms with van der Waals surface area (Å²) in [5.41, 5.74) is 0.895. The van der Waals surface area contributed by atoms with E-state index in [9.17, 15) is 4.39 Å². The molecule has 0 saturated heterocycles. The Morgan fingerprint density at radius 3 is 2.62 bits per heavy atom. The van der Waals surface area contributed by atoms with Gasteiger partial charge in [-0.25, -0.2) is 4.39 Å². The van der Waals surface area contributed by atoms with Gasteiger partial charge in [0.2, 0.25) is 0 Å². The minimum Gasteiger partial charge on any atom is -0.451 e. The zero-order valence-corrected chi connectivity index (χ0v) is 12.9. The molecule has 0 atom stereocenters. The van der Waals surface area contributed by atoms with Crippen LogP contribution in [0.15, 0.2) is 30.6 Å². The summed E-state index contributed by atoms with van der Waals surface area (Å²) in [5.74, 6) is 0.387. The first-order chi connectivity index (χ1) is 9.95. The van der Waals surface area contributed by atoms with Crippen LogP contribution in [0.3, 0.4) is 0 Å². The summed E-state index contributed by atoms with van der Waals surface area (Å²) in [6.45, 7) is 8.79. The van der Waals surface area contributed by atoms with Crippen LogP contribution >= 0.6 is 0 Å². The van der Waals surface area contributed by atoms with Crippen LogP contribution in [0.5, 0.6) is 11.5 Å². The van der Waals surface area contributed by atoms with Crippen molar-refractivity contribution in [1.29, 1.82) is 0 Å². The molecule has 1 aromatic carbocycles. The molecule has 2 rings (SSSR count). The van der Waals surface area contributed by atoms with Crippen LogP contribution in [0, 0.1) is 5.82 Å². The average Bonchev–Trinajstić information content (AvgIpc) is 2.88. The monoisotopic (exact) mass is 291 g/mol. The molecule has 0 fully saturated rings. The predicted octanol–water partition coefficient (Wildman–Crippen LogP) is 3.89. The van der Waals surface area contributed by atoms with E-state index >= 15 is 0 Å². The van der Waals surface area contributed by atoms with Gasteiger partial charge in [0, 0.05) is 18.6 Å². The number of nitrogens with zero attached hydrogens (tertiary/aromatic N) is 2. The molecular weight excluding hydrogens is 269 g/mol. The van der Waals surface area contributed by atoms with E-state index in [-0.39, 0.29) is 17.6 Å². The number of benzene rings is 1. The molecular formula is C16H22FN3O. The number of nitrogens with one attached hydrogen (secondary N) is 1. The van der Waals surface area contributed by atoms with Crippen molar-refractivity contribution in [2.24, 2.45) is 0 Å². The summed E-state index contributed by atoms with van der Waals surface area (Å²) in [7, 11) is 0. The maximum Gasteiger partial charge on any atom is 0.166 e. The molecule has 0 bridgehead atoms. The van der Waals surface area contributed by atoms with Gasteiger partial charge in [0.25, 0.3) is 0 Å². The first-order valence-electron chi connectivity index (χ1n) is 7.19. The van der Waals surface area contributed by atoms with Gasteiger partial charge in [-0.2, -0.15) is 5.10 Å². The Bertz CT molecular complexity index is 593. The average molecular weight is 291 g/mol. The van der Waals surface area contributed by atoms with Crippen molar-refractivity contribution in [3.8, 4) is 11.5 Å². The van der Waals surface area contributed by atoms with E-state index in [1.165, 1.54) is 6.07 Å². The summed E-state index contributed by atoms with van der Waals surface area (Å²) in [6, 6.07) is 5.63. The van der Waals surface area contributed by atoms with Gasteiger partial charge in [0.05, 0.1) is 12.4 Å². The van der Waals surface area contributed by atoms with Gasteiger partial charge in [-0.15, -0.1) is 0 Å². The molecule has 4 nitrogen and oxygen atoms in total. The molecule has 1 heterocycles. The van der Waals surface area contributed by atoms with Gasteiger partial charge >= 0.3 is 0 Å². The Hall–Kier alpha value is -1.88. The molecule has 0 saturated carbocycles. The second-order valence-corrected chi connectivity index (χ2v) is 5.65. The Morgan fingerprint density at radius 1 is 1.29 bits per heavy atom. The van der Waals surface area contributed by atoms with E-state index in [0.29, 0.717) is 18.3 Å². The highest BCUT2D eigenvalue weighted by molar-refractivity contribution is 5.33. The molecule has 0 aliphatic rings. The van der Waals surface area contributed by atoms with E-state index in [2.05, 4.69) is 24.3 Å². The van der Waals surface area contributed by atoms with Crippen molar-refractivity contribution in [2.45, 2.75) is 46.3 Å². The van der Waals surface area contributed by atoms with Crippen molar-refractivity contribution in [3.63, 3.8) is 0 Å². The van der Waals surface area contributed by atoms with Crippen molar-refractivity contribution in [2.75, 3.05) is 0 Å². The van der Waals surface area contributed by atoms with E-state index < -0.39 is 0 Å². The van der Waals surface area contributed by atoms with Gasteiger partial charge < -0.3 is 10.1 Å². The van der Waals surface area contributed by atoms with Gasteiger partial charge in [0.1, 0.15) is 0 Å². The molecule has 0 aliphatic carbocycles. The summed E-state index contributed by atoms with van der Waals surface area (Å²) in [5, 5.41) is 7.42. The quantitative estimate of drug-likeness (QED) is 0.877. The lowest BCUT2D eigenvalue weighted by molar-refractivity contribution is 0.439. The molecule has 0 radical (unpaired) electrons. The van der Waals surface area contributed by atoms with Gasteiger partial charge in [0.15, 0.2) is 17.3 Å². The zero-order valence-electron chi connectivity index (χ0n) is 12.9. The number of rotatable bonds is 6. The number of ether oxygens (including phenoxy) is 1. The van der Waals surface area contributed by atoms with E-state index in [0.717, 1.165) is 5.56 Å². The van der Waals surface area contributed by atoms with Crippen LogP contribution in [-0.4, -0.2) is 15.8 Å². The SMILES string of the molecule is CC(C)NCc1ccc(Oc2cnn(C(C)C)c2)c(F)c1. The van der Waals surface area contributed by atoms with Crippen molar-refractivity contribution in [1.82, 2.24) is 15.1 Å². The van der Waals surface area contributed by atoms with Gasteiger partial charge in [-0.05, 0) is 31.5 Å². The second kappa shape index (κ2) is 6.72. The van der Waals surface area contributed by atoms with Crippen LogP contribution in [0.4, 0.5) is 4.39 Å². The first-order valence-corrected chi connectivity index (χ1v) is 7.19. The fraction of sp³-hybridized carbons (Fsp3) is 0.438. The lowest BCUT2D eigenvalue weighted by atomic mass is 10.2. The Labute approximate surface area is 124 Å². The highest BCUT2D eigenvalue weighted by Gasteiger charge is 2.09. The molecule has 21 heavy (non-hydrogen) atoms. The third kappa shape index (κ3) is 4.29. The summed E-state index contributed by atoms with van der Waals surface area (Å²) in [6.07, 6.45) is 3.35. The molecule has 114 valence electrons. The second-order valence-electron chi connectivity index (χ2n) is 5.65. The molecule has 0 aliphatic heterocycles. The van der Waals surface area contributed by atoms with Crippen LogP contribution in [-0.2, 0) is 6.54 Å².